The predicted octanol–water partition coefficient (Wildman–Crippen LogP) is 5.16. The molecule has 0 heterocycles. The third-order valence-electron chi connectivity index (χ3n) is 5.63. The first-order valence-electron chi connectivity index (χ1n) is 10.3. The summed E-state index contributed by atoms with van der Waals surface area (Å²) in [4.78, 5) is 12.7. The number of amides is 1. The fourth-order valence-electron chi connectivity index (χ4n) is 4.05. The minimum absolute atomic E-state index is 0.00794. The molecule has 1 N–H and O–H groups in total. The monoisotopic (exact) mass is 385 g/mol. The largest absolute Gasteiger partial charge is 0.484 e. The molecule has 0 spiro atoms. The van der Waals surface area contributed by atoms with Gasteiger partial charge in [-0.05, 0) is 72.6 Å². The van der Waals surface area contributed by atoms with Gasteiger partial charge in [-0.3, -0.25) is 4.79 Å². The first-order valence-corrected chi connectivity index (χ1v) is 10.3. The lowest BCUT2D eigenvalue weighted by Gasteiger charge is -2.22. The highest BCUT2D eigenvalue weighted by molar-refractivity contribution is 5.78. The van der Waals surface area contributed by atoms with Crippen molar-refractivity contribution in [2.45, 2.75) is 38.6 Å². The van der Waals surface area contributed by atoms with Gasteiger partial charge in [-0.2, -0.15) is 0 Å². The second-order valence-corrected chi connectivity index (χ2v) is 7.69. The highest BCUT2D eigenvalue weighted by Gasteiger charge is 2.19. The quantitative estimate of drug-likeness (QED) is 0.637. The Hall–Kier alpha value is -3.07. The minimum Gasteiger partial charge on any atom is -0.484 e. The Morgan fingerprint density at radius 2 is 1.66 bits per heavy atom. The Morgan fingerprint density at radius 1 is 0.931 bits per heavy atom. The Balaban J connectivity index is 1.46. The molecule has 0 aliphatic heterocycles. The van der Waals surface area contributed by atoms with Crippen LogP contribution in [0.25, 0.3) is 0 Å². The van der Waals surface area contributed by atoms with Crippen LogP contribution in [-0.4, -0.2) is 12.5 Å². The predicted molar refractivity (Wildman–Crippen MR) is 116 cm³/mol. The maximum absolute atomic E-state index is 12.7. The van der Waals surface area contributed by atoms with Crippen molar-refractivity contribution in [2.75, 3.05) is 6.61 Å². The van der Waals surface area contributed by atoms with Crippen molar-refractivity contribution < 1.29 is 9.53 Å². The van der Waals surface area contributed by atoms with Gasteiger partial charge < -0.3 is 10.1 Å². The van der Waals surface area contributed by atoms with Crippen LogP contribution in [0.15, 0.2) is 72.8 Å². The van der Waals surface area contributed by atoms with Crippen molar-refractivity contribution in [3.63, 3.8) is 0 Å². The summed E-state index contributed by atoms with van der Waals surface area (Å²) in [5.41, 5.74) is 6.08. The molecule has 0 fully saturated rings. The van der Waals surface area contributed by atoms with Crippen molar-refractivity contribution >= 4 is 5.91 Å². The Kier molecular flexibility index (Phi) is 5.95. The van der Waals surface area contributed by atoms with Gasteiger partial charge in [-0.1, -0.05) is 60.7 Å². The highest BCUT2D eigenvalue weighted by Crippen LogP contribution is 2.26. The van der Waals surface area contributed by atoms with E-state index >= 15 is 0 Å². The lowest BCUT2D eigenvalue weighted by molar-refractivity contribution is -0.123. The van der Waals surface area contributed by atoms with Crippen molar-refractivity contribution in [1.82, 2.24) is 5.32 Å². The van der Waals surface area contributed by atoms with Crippen molar-refractivity contribution in [3.05, 3.63) is 101 Å². The lowest BCUT2D eigenvalue weighted by Crippen LogP contribution is -2.33. The summed E-state index contributed by atoms with van der Waals surface area (Å²) in [5.74, 6) is 0.646. The van der Waals surface area contributed by atoms with Gasteiger partial charge in [0.05, 0.1) is 6.04 Å². The molecule has 0 saturated carbocycles. The first-order chi connectivity index (χ1) is 14.2. The highest BCUT2D eigenvalue weighted by atomic mass is 16.5. The SMILES string of the molecule is Cc1ccccc1[C@@H](NC(=O)COc1ccc2c(c1)CCCC2)c1ccccc1. The van der Waals surface area contributed by atoms with E-state index in [0.29, 0.717) is 0 Å². The molecule has 4 rings (SSSR count). The number of ether oxygens (including phenoxy) is 1. The molecule has 3 aromatic carbocycles. The number of fused-ring (bicyclic) bond motifs is 1. The normalized spacial score (nSPS) is 14.0. The first kappa shape index (κ1) is 19.3. The molecule has 0 radical (unpaired) electrons. The number of carbonyl (C=O) groups excluding carboxylic acids is 1. The zero-order valence-electron chi connectivity index (χ0n) is 16.9. The molecule has 1 amide bonds. The van der Waals surface area contributed by atoms with E-state index in [9.17, 15) is 4.79 Å². The van der Waals surface area contributed by atoms with Crippen LogP contribution < -0.4 is 10.1 Å². The van der Waals surface area contributed by atoms with Crippen LogP contribution in [0.2, 0.25) is 0 Å². The van der Waals surface area contributed by atoms with Gasteiger partial charge in [-0.25, -0.2) is 0 Å². The van der Waals surface area contributed by atoms with Gasteiger partial charge in [0.1, 0.15) is 5.75 Å². The van der Waals surface area contributed by atoms with E-state index in [1.807, 2.05) is 48.5 Å². The molecular weight excluding hydrogens is 358 g/mol. The second-order valence-electron chi connectivity index (χ2n) is 7.69. The zero-order chi connectivity index (χ0) is 20.1. The molecule has 148 valence electrons. The van der Waals surface area contributed by atoms with Gasteiger partial charge in [-0.15, -0.1) is 0 Å². The molecule has 0 unspecified atom stereocenters. The molecule has 29 heavy (non-hydrogen) atoms. The molecule has 1 aliphatic rings. The maximum atomic E-state index is 12.7. The average Bonchev–Trinajstić information content (AvgIpc) is 2.77. The third kappa shape index (κ3) is 4.68. The van der Waals surface area contributed by atoms with Crippen molar-refractivity contribution in [3.8, 4) is 5.75 Å². The summed E-state index contributed by atoms with van der Waals surface area (Å²) in [7, 11) is 0. The van der Waals surface area contributed by atoms with Crippen LogP contribution in [-0.2, 0) is 17.6 Å². The van der Waals surface area contributed by atoms with E-state index in [2.05, 4.69) is 36.5 Å². The van der Waals surface area contributed by atoms with Crippen LogP contribution in [0.4, 0.5) is 0 Å². The van der Waals surface area contributed by atoms with Crippen LogP contribution in [0.1, 0.15) is 46.7 Å². The minimum atomic E-state index is -0.197. The van der Waals surface area contributed by atoms with E-state index in [1.165, 1.54) is 24.0 Å². The van der Waals surface area contributed by atoms with E-state index in [-0.39, 0.29) is 18.6 Å². The van der Waals surface area contributed by atoms with Crippen molar-refractivity contribution in [2.24, 2.45) is 0 Å². The molecule has 0 aromatic heterocycles. The lowest BCUT2D eigenvalue weighted by atomic mass is 9.92. The van der Waals surface area contributed by atoms with Gasteiger partial charge in [0, 0.05) is 0 Å². The fraction of sp³-hybridized carbons (Fsp3) is 0.269. The molecule has 1 atom stereocenters. The van der Waals surface area contributed by atoms with Gasteiger partial charge in [0.15, 0.2) is 6.61 Å². The van der Waals surface area contributed by atoms with Crippen LogP contribution >= 0.6 is 0 Å². The van der Waals surface area contributed by atoms with Crippen LogP contribution in [0.3, 0.4) is 0 Å². The number of hydrogen-bond donors (Lipinski definition) is 1. The topological polar surface area (TPSA) is 38.3 Å². The summed E-state index contributed by atoms with van der Waals surface area (Å²) < 4.78 is 5.82. The molecule has 3 nitrogen and oxygen atoms in total. The zero-order valence-corrected chi connectivity index (χ0v) is 16.9. The van der Waals surface area contributed by atoms with Gasteiger partial charge in [0.25, 0.3) is 5.91 Å². The number of benzene rings is 3. The standard InChI is InChI=1S/C26H27NO2/c1-19-9-5-8-14-24(19)26(21-11-3-2-4-12-21)27-25(28)18-29-23-16-15-20-10-6-7-13-22(20)17-23/h2-5,8-9,11-12,14-17,26H,6-7,10,13,18H2,1H3,(H,27,28)/t26-/m0/s1. The molecule has 3 aromatic rings. The Bertz CT molecular complexity index is 981. The number of nitrogens with one attached hydrogen (secondary N) is 1. The molecule has 0 saturated heterocycles. The fourth-order valence-corrected chi connectivity index (χ4v) is 4.05. The van der Waals surface area contributed by atoms with Gasteiger partial charge >= 0.3 is 0 Å². The van der Waals surface area contributed by atoms with Crippen molar-refractivity contribution in [1.29, 1.82) is 0 Å². The van der Waals surface area contributed by atoms with Crippen LogP contribution in [0, 0.1) is 6.92 Å². The summed E-state index contributed by atoms with van der Waals surface area (Å²) in [5, 5.41) is 3.16. The molecule has 0 bridgehead atoms. The molecule has 1 aliphatic carbocycles. The number of rotatable bonds is 6. The average molecular weight is 386 g/mol. The summed E-state index contributed by atoms with van der Waals surface area (Å²) >= 11 is 0. The van der Waals surface area contributed by atoms with E-state index in [4.69, 9.17) is 4.74 Å². The maximum Gasteiger partial charge on any atom is 0.258 e. The summed E-state index contributed by atoms with van der Waals surface area (Å²) in [6.45, 7) is 2.08. The van der Waals surface area contributed by atoms with Crippen LogP contribution in [0.5, 0.6) is 5.75 Å². The third-order valence-corrected chi connectivity index (χ3v) is 5.63. The van der Waals surface area contributed by atoms with E-state index in [1.54, 1.807) is 0 Å². The number of hydrogen-bond acceptors (Lipinski definition) is 2. The smallest absolute Gasteiger partial charge is 0.258 e. The Labute approximate surface area is 172 Å². The molecule has 3 heteroatoms. The molecular formula is C26H27NO2. The second kappa shape index (κ2) is 8.95. The summed E-state index contributed by atoms with van der Waals surface area (Å²) in [6, 6.07) is 24.2. The number of carbonyl (C=O) groups is 1. The van der Waals surface area contributed by atoms with E-state index in [0.717, 1.165) is 35.3 Å². The Morgan fingerprint density at radius 3 is 2.45 bits per heavy atom. The summed E-state index contributed by atoms with van der Waals surface area (Å²) in [6.07, 6.45) is 4.73. The number of aryl methyl sites for hydroxylation is 3. The van der Waals surface area contributed by atoms with E-state index < -0.39 is 0 Å². The van der Waals surface area contributed by atoms with Gasteiger partial charge in [0.2, 0.25) is 0 Å².